The van der Waals surface area contributed by atoms with Crippen molar-refractivity contribution in [1.29, 1.82) is 0 Å². The summed E-state index contributed by atoms with van der Waals surface area (Å²) in [6.07, 6.45) is 1.95. The molecule has 3 N–H and O–H groups in total. The summed E-state index contributed by atoms with van der Waals surface area (Å²) >= 11 is 5.04. The van der Waals surface area contributed by atoms with Crippen LogP contribution in [0.25, 0.3) is 0 Å². The summed E-state index contributed by atoms with van der Waals surface area (Å²) in [7, 11) is 1.60. The molecule has 0 atom stereocenters. The largest absolute Gasteiger partial charge is 0.392 e. The van der Waals surface area contributed by atoms with Gasteiger partial charge in [-0.05, 0) is 19.3 Å². The zero-order valence-electron chi connectivity index (χ0n) is 12.3. The predicted molar refractivity (Wildman–Crippen MR) is 80.7 cm³/mol. The van der Waals surface area contributed by atoms with Crippen molar-refractivity contribution in [2.45, 2.75) is 40.0 Å². The molecule has 0 rings (SSSR count). The highest BCUT2D eigenvalue weighted by atomic mass is 32.1. The number of likely N-dealkylation sites (N-methyl/N-ethyl adjacent to an activating group) is 1. The molecule has 0 aromatic rings. The van der Waals surface area contributed by atoms with E-state index in [-0.39, 0.29) is 23.3 Å². The molecule has 0 bridgehead atoms. The van der Waals surface area contributed by atoms with Gasteiger partial charge in [-0.3, -0.25) is 9.59 Å². The molecule has 0 aromatic heterocycles. The van der Waals surface area contributed by atoms with Crippen LogP contribution in [0.3, 0.4) is 0 Å². The van der Waals surface area contributed by atoms with Crippen molar-refractivity contribution in [3.8, 4) is 0 Å². The highest BCUT2D eigenvalue weighted by Crippen LogP contribution is 2.29. The van der Waals surface area contributed by atoms with Crippen molar-refractivity contribution in [2.24, 2.45) is 11.1 Å². The zero-order valence-corrected chi connectivity index (χ0v) is 13.1. The minimum absolute atomic E-state index is 0.0309. The van der Waals surface area contributed by atoms with Crippen molar-refractivity contribution in [2.75, 3.05) is 20.1 Å². The summed E-state index contributed by atoms with van der Waals surface area (Å²) in [5.74, 6) is -0.349. The van der Waals surface area contributed by atoms with E-state index in [1.165, 1.54) is 4.90 Å². The molecule has 0 saturated carbocycles. The number of rotatable bonds is 8. The predicted octanol–water partition coefficient (Wildman–Crippen LogP) is 1.06. The second-order valence-corrected chi connectivity index (χ2v) is 5.10. The Kier molecular flexibility index (Phi) is 7.59. The van der Waals surface area contributed by atoms with Crippen molar-refractivity contribution in [1.82, 2.24) is 10.2 Å². The van der Waals surface area contributed by atoms with E-state index in [4.69, 9.17) is 18.0 Å². The van der Waals surface area contributed by atoms with E-state index in [0.717, 1.165) is 6.42 Å². The molecule has 0 radical (unpaired) electrons. The highest BCUT2D eigenvalue weighted by molar-refractivity contribution is 7.80. The molecular weight excluding hydrogens is 262 g/mol. The Morgan fingerprint density at radius 1 is 1.26 bits per heavy atom. The summed E-state index contributed by atoms with van der Waals surface area (Å²) < 4.78 is 0. The molecule has 0 spiro atoms. The molecule has 19 heavy (non-hydrogen) atoms. The highest BCUT2D eigenvalue weighted by Gasteiger charge is 2.40. The van der Waals surface area contributed by atoms with E-state index in [1.807, 2.05) is 20.8 Å². The van der Waals surface area contributed by atoms with Gasteiger partial charge in [0, 0.05) is 13.6 Å². The van der Waals surface area contributed by atoms with Crippen molar-refractivity contribution >= 4 is 29.0 Å². The molecule has 0 aliphatic heterocycles. The number of amides is 2. The van der Waals surface area contributed by atoms with E-state index in [0.29, 0.717) is 19.4 Å². The topological polar surface area (TPSA) is 75.4 Å². The van der Waals surface area contributed by atoms with Crippen molar-refractivity contribution in [3.63, 3.8) is 0 Å². The van der Waals surface area contributed by atoms with Gasteiger partial charge in [0.15, 0.2) is 0 Å². The number of nitrogens with zero attached hydrogens (tertiary/aromatic N) is 1. The average molecular weight is 287 g/mol. The maximum atomic E-state index is 12.5. The fourth-order valence-corrected chi connectivity index (χ4v) is 2.36. The smallest absolute Gasteiger partial charge is 0.239 e. The van der Waals surface area contributed by atoms with E-state index < -0.39 is 5.41 Å². The first-order valence-corrected chi connectivity index (χ1v) is 7.08. The van der Waals surface area contributed by atoms with Gasteiger partial charge < -0.3 is 16.0 Å². The van der Waals surface area contributed by atoms with Crippen LogP contribution in [0.1, 0.15) is 40.0 Å². The Bertz CT molecular complexity index is 341. The quantitative estimate of drug-likeness (QED) is 0.655. The summed E-state index contributed by atoms with van der Waals surface area (Å²) in [5.41, 5.74) is 4.89. The molecule has 6 heteroatoms. The first kappa shape index (κ1) is 17.8. The van der Waals surface area contributed by atoms with E-state index in [1.54, 1.807) is 7.05 Å². The van der Waals surface area contributed by atoms with Crippen LogP contribution in [0.5, 0.6) is 0 Å². The van der Waals surface area contributed by atoms with Gasteiger partial charge in [0.2, 0.25) is 11.8 Å². The van der Waals surface area contributed by atoms with Gasteiger partial charge in [-0.2, -0.15) is 0 Å². The van der Waals surface area contributed by atoms with Crippen LogP contribution < -0.4 is 11.1 Å². The lowest BCUT2D eigenvalue weighted by molar-refractivity contribution is -0.140. The number of carbonyl (C=O) groups excluding carboxylic acids is 2. The molecule has 0 unspecified atom stereocenters. The lowest BCUT2D eigenvalue weighted by Crippen LogP contribution is -2.51. The lowest BCUT2D eigenvalue weighted by Gasteiger charge is -2.33. The third-order valence-electron chi connectivity index (χ3n) is 3.39. The molecule has 110 valence electrons. The van der Waals surface area contributed by atoms with Gasteiger partial charge in [0.05, 0.1) is 16.9 Å². The molecule has 0 fully saturated rings. The Morgan fingerprint density at radius 2 is 1.79 bits per heavy atom. The Balaban J connectivity index is 4.78. The summed E-state index contributed by atoms with van der Waals surface area (Å²) in [5, 5.41) is 2.74. The second kappa shape index (κ2) is 8.09. The number of nitrogens with two attached hydrogens (primary N) is 1. The van der Waals surface area contributed by atoms with Crippen LogP contribution >= 0.6 is 12.2 Å². The molecule has 0 aromatic carbocycles. The average Bonchev–Trinajstić information content (AvgIpc) is 2.37. The van der Waals surface area contributed by atoms with E-state index >= 15 is 0 Å². The molecule has 2 amide bonds. The van der Waals surface area contributed by atoms with E-state index in [9.17, 15) is 9.59 Å². The lowest BCUT2D eigenvalue weighted by atomic mass is 9.81. The number of thiocarbonyl (C=S) groups is 1. The standard InChI is InChI=1S/C13H25N3O2S/c1-5-8-15-10(17)9-16(4)12(18)13(6-2,7-3)11(14)19/h5-9H2,1-4H3,(H2,14,19)(H,15,17). The number of carbonyl (C=O) groups is 2. The molecule has 0 aliphatic carbocycles. The zero-order chi connectivity index (χ0) is 15.1. The van der Waals surface area contributed by atoms with Gasteiger partial charge in [0.25, 0.3) is 0 Å². The van der Waals surface area contributed by atoms with Crippen molar-refractivity contribution < 1.29 is 9.59 Å². The van der Waals surface area contributed by atoms with Gasteiger partial charge in [-0.1, -0.05) is 33.0 Å². The maximum absolute atomic E-state index is 12.5. The Hall–Kier alpha value is -1.17. The third-order valence-corrected chi connectivity index (χ3v) is 3.78. The van der Waals surface area contributed by atoms with Gasteiger partial charge in [0.1, 0.15) is 0 Å². The molecule has 5 nitrogen and oxygen atoms in total. The molecule has 0 aliphatic rings. The molecular formula is C13H25N3O2S. The first-order valence-electron chi connectivity index (χ1n) is 6.67. The van der Waals surface area contributed by atoms with Gasteiger partial charge in [-0.25, -0.2) is 0 Å². The van der Waals surface area contributed by atoms with Crippen LogP contribution in [0, 0.1) is 5.41 Å². The van der Waals surface area contributed by atoms with Crippen LogP contribution in [-0.4, -0.2) is 41.8 Å². The monoisotopic (exact) mass is 287 g/mol. The maximum Gasteiger partial charge on any atom is 0.239 e. The van der Waals surface area contributed by atoms with Crippen molar-refractivity contribution in [3.05, 3.63) is 0 Å². The molecule has 0 heterocycles. The van der Waals surface area contributed by atoms with Gasteiger partial charge in [-0.15, -0.1) is 0 Å². The Labute approximate surface area is 120 Å². The van der Waals surface area contributed by atoms with E-state index in [2.05, 4.69) is 5.32 Å². The number of hydrogen-bond donors (Lipinski definition) is 2. The van der Waals surface area contributed by atoms with Crippen LogP contribution in [0.2, 0.25) is 0 Å². The van der Waals surface area contributed by atoms with Gasteiger partial charge >= 0.3 is 0 Å². The summed E-state index contributed by atoms with van der Waals surface area (Å²) in [4.78, 5) is 25.7. The fourth-order valence-electron chi connectivity index (χ4n) is 1.98. The summed E-state index contributed by atoms with van der Waals surface area (Å²) in [6.45, 7) is 6.38. The third kappa shape index (κ3) is 4.45. The first-order chi connectivity index (χ1) is 8.85. The molecule has 0 saturated heterocycles. The SMILES string of the molecule is CCCNC(=O)CN(C)C(=O)C(CC)(CC)C(N)=S. The minimum atomic E-state index is -0.838. The summed E-state index contributed by atoms with van der Waals surface area (Å²) in [6, 6.07) is 0. The normalized spacial score (nSPS) is 10.9. The van der Waals surface area contributed by atoms with Crippen LogP contribution in [-0.2, 0) is 9.59 Å². The fraction of sp³-hybridized carbons (Fsp3) is 0.769. The van der Waals surface area contributed by atoms with Crippen LogP contribution in [0.4, 0.5) is 0 Å². The van der Waals surface area contributed by atoms with Crippen LogP contribution in [0.15, 0.2) is 0 Å². The number of nitrogens with one attached hydrogen (secondary N) is 1. The Morgan fingerprint density at radius 3 is 2.16 bits per heavy atom. The second-order valence-electron chi connectivity index (χ2n) is 4.66. The number of hydrogen-bond acceptors (Lipinski definition) is 3. The minimum Gasteiger partial charge on any atom is -0.392 e.